The SMILES string of the molecule is CCCNC(C)C(=O)c1ccc(OCC)c(N)c1. The number of benzene rings is 1. The predicted octanol–water partition coefficient (Wildman–Crippen LogP) is 2.24. The van der Waals surface area contributed by atoms with E-state index >= 15 is 0 Å². The predicted molar refractivity (Wildman–Crippen MR) is 74.1 cm³/mol. The molecule has 0 aromatic heterocycles. The molecule has 0 spiro atoms. The van der Waals surface area contributed by atoms with E-state index in [-0.39, 0.29) is 11.8 Å². The fourth-order valence-corrected chi connectivity index (χ4v) is 1.69. The Kier molecular flexibility index (Phi) is 5.65. The fourth-order valence-electron chi connectivity index (χ4n) is 1.69. The number of ketones is 1. The molecule has 4 heteroatoms. The van der Waals surface area contributed by atoms with Crippen LogP contribution in [-0.4, -0.2) is 25.0 Å². The largest absolute Gasteiger partial charge is 0.492 e. The van der Waals surface area contributed by atoms with Crippen LogP contribution < -0.4 is 15.8 Å². The third kappa shape index (κ3) is 3.74. The van der Waals surface area contributed by atoms with Gasteiger partial charge in [0.15, 0.2) is 5.78 Å². The van der Waals surface area contributed by atoms with Crippen molar-refractivity contribution in [2.75, 3.05) is 18.9 Å². The molecule has 1 aromatic carbocycles. The Morgan fingerprint density at radius 2 is 2.17 bits per heavy atom. The van der Waals surface area contributed by atoms with Crippen LogP contribution in [0.15, 0.2) is 18.2 Å². The molecule has 0 aliphatic rings. The van der Waals surface area contributed by atoms with Crippen molar-refractivity contribution in [3.8, 4) is 5.75 Å². The zero-order chi connectivity index (χ0) is 13.5. The quantitative estimate of drug-likeness (QED) is 0.575. The van der Waals surface area contributed by atoms with Gasteiger partial charge in [-0.15, -0.1) is 0 Å². The molecule has 0 fully saturated rings. The molecule has 100 valence electrons. The van der Waals surface area contributed by atoms with E-state index in [1.54, 1.807) is 18.2 Å². The maximum absolute atomic E-state index is 12.1. The van der Waals surface area contributed by atoms with Gasteiger partial charge in [0.25, 0.3) is 0 Å². The average Bonchev–Trinajstić information content (AvgIpc) is 2.37. The monoisotopic (exact) mass is 250 g/mol. The van der Waals surface area contributed by atoms with E-state index in [0.29, 0.717) is 23.6 Å². The van der Waals surface area contributed by atoms with E-state index in [2.05, 4.69) is 12.2 Å². The molecule has 0 radical (unpaired) electrons. The van der Waals surface area contributed by atoms with Crippen LogP contribution in [-0.2, 0) is 0 Å². The highest BCUT2D eigenvalue weighted by atomic mass is 16.5. The molecule has 0 amide bonds. The summed E-state index contributed by atoms with van der Waals surface area (Å²) in [5.41, 5.74) is 6.97. The molecule has 0 saturated carbocycles. The van der Waals surface area contributed by atoms with E-state index in [1.165, 1.54) is 0 Å². The van der Waals surface area contributed by atoms with E-state index in [9.17, 15) is 4.79 Å². The number of anilines is 1. The van der Waals surface area contributed by atoms with Crippen LogP contribution in [0.2, 0.25) is 0 Å². The number of hydrogen-bond donors (Lipinski definition) is 2. The lowest BCUT2D eigenvalue weighted by Crippen LogP contribution is -2.34. The molecule has 0 heterocycles. The molecule has 0 aliphatic heterocycles. The van der Waals surface area contributed by atoms with Crippen LogP contribution in [0.25, 0.3) is 0 Å². The first-order chi connectivity index (χ1) is 8.60. The number of nitrogens with two attached hydrogens (primary N) is 1. The number of Topliss-reactive ketones (excluding diaryl/α,β-unsaturated/α-hetero) is 1. The zero-order valence-electron chi connectivity index (χ0n) is 11.3. The van der Waals surface area contributed by atoms with Gasteiger partial charge in [-0.05, 0) is 45.0 Å². The molecule has 0 saturated heterocycles. The van der Waals surface area contributed by atoms with E-state index in [1.807, 2.05) is 13.8 Å². The molecule has 4 nitrogen and oxygen atoms in total. The molecule has 0 bridgehead atoms. The van der Waals surface area contributed by atoms with Gasteiger partial charge >= 0.3 is 0 Å². The summed E-state index contributed by atoms with van der Waals surface area (Å²) in [5, 5.41) is 3.17. The first kappa shape index (κ1) is 14.5. The van der Waals surface area contributed by atoms with Crippen LogP contribution in [0, 0.1) is 0 Å². The Morgan fingerprint density at radius 1 is 1.44 bits per heavy atom. The van der Waals surface area contributed by atoms with Crippen molar-refractivity contribution in [2.45, 2.75) is 33.2 Å². The van der Waals surface area contributed by atoms with Gasteiger partial charge in [-0.1, -0.05) is 6.92 Å². The topological polar surface area (TPSA) is 64.3 Å². The second-order valence-corrected chi connectivity index (χ2v) is 4.23. The Labute approximate surface area is 109 Å². The molecule has 3 N–H and O–H groups in total. The van der Waals surface area contributed by atoms with Crippen LogP contribution in [0.5, 0.6) is 5.75 Å². The third-order valence-electron chi connectivity index (χ3n) is 2.69. The zero-order valence-corrected chi connectivity index (χ0v) is 11.3. The molecule has 1 atom stereocenters. The molecule has 18 heavy (non-hydrogen) atoms. The molecular formula is C14H22N2O2. The second-order valence-electron chi connectivity index (χ2n) is 4.23. The van der Waals surface area contributed by atoms with Gasteiger partial charge in [-0.2, -0.15) is 0 Å². The van der Waals surface area contributed by atoms with Crippen molar-refractivity contribution < 1.29 is 9.53 Å². The van der Waals surface area contributed by atoms with Crippen molar-refractivity contribution in [1.82, 2.24) is 5.32 Å². The van der Waals surface area contributed by atoms with Crippen LogP contribution in [0.4, 0.5) is 5.69 Å². The highest BCUT2D eigenvalue weighted by Gasteiger charge is 2.15. The van der Waals surface area contributed by atoms with E-state index in [4.69, 9.17) is 10.5 Å². The van der Waals surface area contributed by atoms with Gasteiger partial charge < -0.3 is 15.8 Å². The van der Waals surface area contributed by atoms with Crippen molar-refractivity contribution in [3.05, 3.63) is 23.8 Å². The highest BCUT2D eigenvalue weighted by molar-refractivity contribution is 6.00. The lowest BCUT2D eigenvalue weighted by Gasteiger charge is -2.13. The first-order valence-corrected chi connectivity index (χ1v) is 6.40. The Morgan fingerprint density at radius 3 is 2.72 bits per heavy atom. The van der Waals surface area contributed by atoms with Gasteiger partial charge in [0.1, 0.15) is 5.75 Å². The number of carbonyl (C=O) groups is 1. The summed E-state index contributed by atoms with van der Waals surface area (Å²) in [7, 11) is 0. The summed E-state index contributed by atoms with van der Waals surface area (Å²) in [4.78, 5) is 12.1. The smallest absolute Gasteiger partial charge is 0.179 e. The van der Waals surface area contributed by atoms with Crippen molar-refractivity contribution in [2.24, 2.45) is 0 Å². The number of hydrogen-bond acceptors (Lipinski definition) is 4. The Bertz CT molecular complexity index is 405. The van der Waals surface area contributed by atoms with Crippen LogP contribution in [0.1, 0.15) is 37.6 Å². The summed E-state index contributed by atoms with van der Waals surface area (Å²) in [5.74, 6) is 0.682. The Balaban J connectivity index is 2.77. The van der Waals surface area contributed by atoms with Crippen LogP contribution >= 0.6 is 0 Å². The summed E-state index contributed by atoms with van der Waals surface area (Å²) < 4.78 is 5.34. The lowest BCUT2D eigenvalue weighted by atomic mass is 10.0. The third-order valence-corrected chi connectivity index (χ3v) is 2.69. The number of nitrogens with one attached hydrogen (secondary N) is 1. The van der Waals surface area contributed by atoms with E-state index < -0.39 is 0 Å². The molecule has 1 aromatic rings. The summed E-state index contributed by atoms with van der Waals surface area (Å²) in [6.45, 7) is 7.23. The minimum Gasteiger partial charge on any atom is -0.492 e. The Hall–Kier alpha value is -1.55. The van der Waals surface area contributed by atoms with Crippen LogP contribution in [0.3, 0.4) is 0 Å². The minimum absolute atomic E-state index is 0.0539. The maximum atomic E-state index is 12.1. The van der Waals surface area contributed by atoms with Crippen molar-refractivity contribution >= 4 is 11.5 Å². The van der Waals surface area contributed by atoms with Gasteiger partial charge in [-0.3, -0.25) is 4.79 Å². The molecule has 1 unspecified atom stereocenters. The first-order valence-electron chi connectivity index (χ1n) is 6.40. The van der Waals surface area contributed by atoms with Crippen molar-refractivity contribution in [3.63, 3.8) is 0 Å². The molecule has 1 rings (SSSR count). The van der Waals surface area contributed by atoms with E-state index in [0.717, 1.165) is 13.0 Å². The number of ether oxygens (including phenoxy) is 1. The van der Waals surface area contributed by atoms with Gasteiger partial charge in [0.05, 0.1) is 18.3 Å². The number of rotatable bonds is 7. The van der Waals surface area contributed by atoms with Crippen molar-refractivity contribution in [1.29, 1.82) is 0 Å². The summed E-state index contributed by atoms with van der Waals surface area (Å²) in [6.07, 6.45) is 1.00. The van der Waals surface area contributed by atoms with Gasteiger partial charge in [0, 0.05) is 5.56 Å². The standard InChI is InChI=1S/C14H22N2O2/c1-4-8-16-10(3)14(17)11-6-7-13(18-5-2)12(15)9-11/h6-7,9-10,16H,4-5,8,15H2,1-3H3. The maximum Gasteiger partial charge on any atom is 0.179 e. The highest BCUT2D eigenvalue weighted by Crippen LogP contribution is 2.23. The summed E-state index contributed by atoms with van der Waals surface area (Å²) in [6, 6.07) is 4.99. The normalized spacial score (nSPS) is 12.2. The van der Waals surface area contributed by atoms with Gasteiger partial charge in [-0.25, -0.2) is 0 Å². The minimum atomic E-state index is -0.192. The summed E-state index contributed by atoms with van der Waals surface area (Å²) >= 11 is 0. The number of carbonyl (C=O) groups excluding carboxylic acids is 1. The lowest BCUT2D eigenvalue weighted by molar-refractivity contribution is 0.0951. The molecule has 0 aliphatic carbocycles. The second kappa shape index (κ2) is 7.01. The fraction of sp³-hybridized carbons (Fsp3) is 0.500. The molecular weight excluding hydrogens is 228 g/mol. The average molecular weight is 250 g/mol. The van der Waals surface area contributed by atoms with Gasteiger partial charge in [0.2, 0.25) is 0 Å². The number of nitrogen functional groups attached to an aromatic ring is 1.